The van der Waals surface area contributed by atoms with Crippen LogP contribution in [0.25, 0.3) is 11.1 Å². The van der Waals surface area contributed by atoms with E-state index in [1.807, 2.05) is 24.3 Å². The Kier molecular flexibility index (Phi) is 14.3. The molecular formula is C35H41FO8. The quantitative estimate of drug-likeness (QED) is 0.0829. The molecule has 3 aromatic rings. The summed E-state index contributed by atoms with van der Waals surface area (Å²) in [5, 5.41) is 0. The second kappa shape index (κ2) is 18.4. The number of benzene rings is 3. The fourth-order valence-corrected chi connectivity index (χ4v) is 4.30. The average Bonchev–Trinajstić information content (AvgIpc) is 3.02. The molecule has 0 aromatic heterocycles. The lowest BCUT2D eigenvalue weighted by atomic mass is 10.0. The molecule has 0 aliphatic heterocycles. The summed E-state index contributed by atoms with van der Waals surface area (Å²) in [7, 11) is 1.45. The van der Waals surface area contributed by atoms with Crippen LogP contribution in [0.1, 0.15) is 79.5 Å². The maximum atomic E-state index is 14.6. The summed E-state index contributed by atoms with van der Waals surface area (Å²) < 4.78 is 40.5. The molecule has 236 valence electrons. The lowest BCUT2D eigenvalue weighted by Crippen LogP contribution is -2.27. The Balaban J connectivity index is 1.48. The molecule has 0 fully saturated rings. The number of rotatable bonds is 18. The van der Waals surface area contributed by atoms with Crippen LogP contribution in [0.5, 0.6) is 11.5 Å². The smallest absolute Gasteiger partial charge is 0.347 e. The number of carbonyl (C=O) groups is 3. The third-order valence-electron chi connectivity index (χ3n) is 6.84. The Morgan fingerprint density at radius 1 is 0.727 bits per heavy atom. The third kappa shape index (κ3) is 11.1. The van der Waals surface area contributed by atoms with Gasteiger partial charge in [-0.25, -0.2) is 18.8 Å². The lowest BCUT2D eigenvalue weighted by molar-refractivity contribution is -0.154. The zero-order valence-electron chi connectivity index (χ0n) is 25.6. The molecule has 0 radical (unpaired) electrons. The fourth-order valence-electron chi connectivity index (χ4n) is 4.30. The minimum Gasteiger partial charge on any atom is -0.494 e. The van der Waals surface area contributed by atoms with Crippen LogP contribution >= 0.6 is 0 Å². The second-order valence-corrected chi connectivity index (χ2v) is 10.3. The van der Waals surface area contributed by atoms with Gasteiger partial charge in [0, 0.05) is 13.2 Å². The van der Waals surface area contributed by atoms with Crippen molar-refractivity contribution in [2.45, 2.75) is 64.9 Å². The van der Waals surface area contributed by atoms with Crippen molar-refractivity contribution in [2.24, 2.45) is 0 Å². The molecule has 3 rings (SSSR count). The van der Waals surface area contributed by atoms with E-state index in [2.05, 4.69) is 6.92 Å². The molecule has 0 spiro atoms. The lowest BCUT2D eigenvalue weighted by Gasteiger charge is -2.13. The van der Waals surface area contributed by atoms with Crippen LogP contribution in [-0.2, 0) is 19.0 Å². The van der Waals surface area contributed by atoms with E-state index in [0.29, 0.717) is 6.61 Å². The summed E-state index contributed by atoms with van der Waals surface area (Å²) in [6.45, 7) is 4.42. The first kappa shape index (κ1) is 34.3. The summed E-state index contributed by atoms with van der Waals surface area (Å²) >= 11 is 0. The molecule has 0 saturated carbocycles. The van der Waals surface area contributed by atoms with Crippen molar-refractivity contribution in [3.05, 3.63) is 83.7 Å². The number of methoxy groups -OCH3 is 1. The summed E-state index contributed by atoms with van der Waals surface area (Å²) in [6, 6.07) is 17.9. The Morgan fingerprint density at radius 3 is 1.98 bits per heavy atom. The van der Waals surface area contributed by atoms with Crippen LogP contribution in [0.2, 0.25) is 0 Å². The van der Waals surface area contributed by atoms with Gasteiger partial charge < -0.3 is 23.7 Å². The summed E-state index contributed by atoms with van der Waals surface area (Å²) in [5.41, 5.74) is 1.73. The number of unbranched alkanes of at least 4 members (excludes halogenated alkanes) is 6. The number of hydrogen-bond acceptors (Lipinski definition) is 8. The van der Waals surface area contributed by atoms with Crippen molar-refractivity contribution in [3.8, 4) is 22.6 Å². The van der Waals surface area contributed by atoms with E-state index in [4.69, 9.17) is 23.7 Å². The first-order valence-corrected chi connectivity index (χ1v) is 15.0. The zero-order valence-corrected chi connectivity index (χ0v) is 25.6. The summed E-state index contributed by atoms with van der Waals surface area (Å²) in [4.78, 5) is 36.9. The molecule has 9 heteroatoms. The van der Waals surface area contributed by atoms with Gasteiger partial charge in [0.2, 0.25) is 0 Å². The molecular weight excluding hydrogens is 567 g/mol. The van der Waals surface area contributed by atoms with Crippen molar-refractivity contribution in [1.29, 1.82) is 0 Å². The Labute approximate surface area is 258 Å². The molecule has 3 aromatic carbocycles. The molecule has 44 heavy (non-hydrogen) atoms. The van der Waals surface area contributed by atoms with Gasteiger partial charge in [-0.3, -0.25) is 0 Å². The Bertz CT molecular complexity index is 1340. The average molecular weight is 609 g/mol. The molecule has 8 nitrogen and oxygen atoms in total. The molecule has 0 unspecified atom stereocenters. The van der Waals surface area contributed by atoms with Crippen LogP contribution in [0.3, 0.4) is 0 Å². The number of carbonyl (C=O) groups excluding carboxylic acids is 3. The highest BCUT2D eigenvalue weighted by atomic mass is 19.1. The van der Waals surface area contributed by atoms with E-state index in [1.165, 1.54) is 58.6 Å². The number of esters is 3. The van der Waals surface area contributed by atoms with E-state index in [1.54, 1.807) is 24.3 Å². The van der Waals surface area contributed by atoms with Crippen LogP contribution in [-0.4, -0.2) is 50.9 Å². The standard InChI is InChI=1S/C35H41FO8/c1-4-5-6-7-8-9-10-21-41-29-17-15-27(16-18-29)26-11-13-28(14-12-26)34(38)44-30-19-20-31(32(36)24-30)35(39)43-25(2)33(37)42-23-22-40-3/h11-20,24-25H,4-10,21-23H2,1-3H3/t25-/m0/s1. The van der Waals surface area contributed by atoms with E-state index >= 15 is 0 Å². The monoisotopic (exact) mass is 608 g/mol. The maximum absolute atomic E-state index is 14.6. The van der Waals surface area contributed by atoms with Crippen molar-refractivity contribution in [1.82, 2.24) is 0 Å². The van der Waals surface area contributed by atoms with Gasteiger partial charge in [-0.15, -0.1) is 0 Å². The molecule has 0 aliphatic rings. The van der Waals surface area contributed by atoms with Crippen LogP contribution < -0.4 is 9.47 Å². The van der Waals surface area contributed by atoms with Crippen LogP contribution in [0.15, 0.2) is 66.7 Å². The third-order valence-corrected chi connectivity index (χ3v) is 6.84. The molecule has 0 N–H and O–H groups in total. The van der Waals surface area contributed by atoms with Gasteiger partial charge in [0.15, 0.2) is 6.10 Å². The van der Waals surface area contributed by atoms with Crippen molar-refractivity contribution >= 4 is 17.9 Å². The van der Waals surface area contributed by atoms with Crippen molar-refractivity contribution in [3.63, 3.8) is 0 Å². The molecule has 0 heterocycles. The van der Waals surface area contributed by atoms with Gasteiger partial charge in [-0.05, 0) is 60.9 Å². The van der Waals surface area contributed by atoms with Crippen LogP contribution in [0.4, 0.5) is 4.39 Å². The number of hydrogen-bond donors (Lipinski definition) is 0. The minimum atomic E-state index is -1.25. The zero-order chi connectivity index (χ0) is 31.7. The van der Waals surface area contributed by atoms with E-state index < -0.39 is 35.4 Å². The molecule has 0 amide bonds. The topological polar surface area (TPSA) is 97.4 Å². The molecule has 0 bridgehead atoms. The molecule has 0 aliphatic carbocycles. The summed E-state index contributed by atoms with van der Waals surface area (Å²) in [6.07, 6.45) is 7.41. The number of ether oxygens (including phenoxy) is 5. The van der Waals surface area contributed by atoms with Gasteiger partial charge in [-0.1, -0.05) is 69.7 Å². The maximum Gasteiger partial charge on any atom is 0.347 e. The van der Waals surface area contributed by atoms with E-state index in [0.717, 1.165) is 35.4 Å². The highest BCUT2D eigenvalue weighted by Crippen LogP contribution is 2.24. The normalized spacial score (nSPS) is 11.5. The highest BCUT2D eigenvalue weighted by Gasteiger charge is 2.23. The minimum absolute atomic E-state index is 0.00363. The highest BCUT2D eigenvalue weighted by molar-refractivity contribution is 5.93. The van der Waals surface area contributed by atoms with Gasteiger partial charge in [0.25, 0.3) is 0 Å². The van der Waals surface area contributed by atoms with E-state index in [-0.39, 0.29) is 24.5 Å². The SMILES string of the molecule is CCCCCCCCCOc1ccc(-c2ccc(C(=O)Oc3ccc(C(=O)O[C@@H](C)C(=O)OCCOC)c(F)c3)cc2)cc1. The molecule has 1 atom stereocenters. The van der Waals surface area contributed by atoms with Gasteiger partial charge in [-0.2, -0.15) is 0 Å². The van der Waals surface area contributed by atoms with Gasteiger partial charge in [0.1, 0.15) is 23.9 Å². The van der Waals surface area contributed by atoms with E-state index in [9.17, 15) is 18.8 Å². The summed E-state index contributed by atoms with van der Waals surface area (Å²) in [5.74, 6) is -2.76. The second-order valence-electron chi connectivity index (χ2n) is 10.3. The molecule has 0 saturated heterocycles. The number of halogens is 1. The predicted octanol–water partition coefficient (Wildman–Crippen LogP) is 7.58. The largest absolute Gasteiger partial charge is 0.494 e. The first-order valence-electron chi connectivity index (χ1n) is 15.0. The van der Waals surface area contributed by atoms with Crippen molar-refractivity contribution in [2.75, 3.05) is 26.9 Å². The predicted molar refractivity (Wildman–Crippen MR) is 164 cm³/mol. The Hall–Kier alpha value is -4.24. The first-order chi connectivity index (χ1) is 21.3. The van der Waals surface area contributed by atoms with Crippen LogP contribution in [0, 0.1) is 5.82 Å². The Morgan fingerprint density at radius 2 is 1.34 bits per heavy atom. The van der Waals surface area contributed by atoms with Gasteiger partial charge in [0.05, 0.1) is 24.3 Å². The van der Waals surface area contributed by atoms with Gasteiger partial charge >= 0.3 is 17.9 Å². The van der Waals surface area contributed by atoms with Crippen molar-refractivity contribution < 1.29 is 42.5 Å². The fraction of sp³-hybridized carbons (Fsp3) is 0.400.